The molecule has 0 N–H and O–H groups in total. The minimum Gasteiger partial charge on any atom is -0.366 e. The summed E-state index contributed by atoms with van der Waals surface area (Å²) in [5.41, 5.74) is 1.96. The van der Waals surface area contributed by atoms with E-state index in [1.807, 2.05) is 6.08 Å². The fourth-order valence-corrected chi connectivity index (χ4v) is 9.05. The standard InChI is InChI=1S/C24H32O2/c1-3-23-9-7-18-17-6-5-16(25)12-15(17)11-14(2)21(18)22(23)19-13-20(19)24(23)8-4-10-26-24/h4,8,12,14,17-22H,3,5-7,9-11,13H2,1-2H3/t14-,17+,18-,19-,20+,21-,22+,23+,24+/m1/s1. The number of carbonyl (C=O) groups excluding carboxylic acids is 1. The van der Waals surface area contributed by atoms with E-state index in [0.29, 0.717) is 17.1 Å². The van der Waals surface area contributed by atoms with Crippen molar-refractivity contribution in [3.05, 3.63) is 23.8 Å². The summed E-state index contributed by atoms with van der Waals surface area (Å²) in [6.07, 6.45) is 15.3. The lowest BCUT2D eigenvalue weighted by molar-refractivity contribution is -0.150. The lowest BCUT2D eigenvalue weighted by atomic mass is 9.46. The first kappa shape index (κ1) is 16.1. The zero-order valence-electron chi connectivity index (χ0n) is 16.2. The number of carbonyl (C=O) groups is 1. The fraction of sp³-hybridized carbons (Fsp3) is 0.792. The lowest BCUT2D eigenvalue weighted by Crippen LogP contribution is -2.57. The van der Waals surface area contributed by atoms with Crippen molar-refractivity contribution in [3.8, 4) is 0 Å². The van der Waals surface area contributed by atoms with Gasteiger partial charge in [0.05, 0.1) is 12.2 Å². The van der Waals surface area contributed by atoms with Crippen LogP contribution < -0.4 is 0 Å². The third kappa shape index (κ3) is 1.72. The summed E-state index contributed by atoms with van der Waals surface area (Å²) >= 11 is 0. The van der Waals surface area contributed by atoms with E-state index >= 15 is 0 Å². The summed E-state index contributed by atoms with van der Waals surface area (Å²) in [5.74, 6) is 6.05. The topological polar surface area (TPSA) is 26.3 Å². The summed E-state index contributed by atoms with van der Waals surface area (Å²) in [5, 5.41) is 0. The van der Waals surface area contributed by atoms with Crippen LogP contribution in [0.25, 0.3) is 0 Å². The van der Waals surface area contributed by atoms with E-state index in [2.05, 4.69) is 26.0 Å². The number of hydrogen-bond acceptors (Lipinski definition) is 2. The molecular weight excluding hydrogens is 320 g/mol. The Morgan fingerprint density at radius 1 is 1.27 bits per heavy atom. The van der Waals surface area contributed by atoms with Crippen molar-refractivity contribution in [3.63, 3.8) is 0 Å². The summed E-state index contributed by atoms with van der Waals surface area (Å²) in [6, 6.07) is 0. The largest absolute Gasteiger partial charge is 0.366 e. The molecule has 9 atom stereocenters. The predicted molar refractivity (Wildman–Crippen MR) is 101 cm³/mol. The van der Waals surface area contributed by atoms with Gasteiger partial charge in [-0.2, -0.15) is 0 Å². The Morgan fingerprint density at radius 2 is 2.15 bits per heavy atom. The van der Waals surface area contributed by atoms with Crippen molar-refractivity contribution >= 4 is 5.78 Å². The quantitative estimate of drug-likeness (QED) is 0.625. The van der Waals surface area contributed by atoms with E-state index in [4.69, 9.17) is 4.74 Å². The highest BCUT2D eigenvalue weighted by Crippen LogP contribution is 2.78. The van der Waals surface area contributed by atoms with Crippen molar-refractivity contribution in [2.75, 3.05) is 6.61 Å². The van der Waals surface area contributed by atoms with Crippen molar-refractivity contribution in [1.82, 2.24) is 0 Å². The fourth-order valence-electron chi connectivity index (χ4n) is 9.05. The number of rotatable bonds is 1. The molecule has 0 aromatic rings. The molecule has 2 heteroatoms. The molecule has 0 bridgehead atoms. The molecule has 0 aromatic heterocycles. The molecule has 0 unspecified atom stereocenters. The van der Waals surface area contributed by atoms with E-state index in [1.54, 1.807) is 0 Å². The Hall–Kier alpha value is -0.890. The highest BCUT2D eigenvalue weighted by molar-refractivity contribution is 5.91. The van der Waals surface area contributed by atoms with Crippen LogP contribution in [0.3, 0.4) is 0 Å². The van der Waals surface area contributed by atoms with Gasteiger partial charge >= 0.3 is 0 Å². The van der Waals surface area contributed by atoms with Gasteiger partial charge in [-0.05, 0) is 86.0 Å². The first-order valence-corrected chi connectivity index (χ1v) is 11.2. The Balaban J connectivity index is 1.43. The first-order chi connectivity index (χ1) is 12.6. The number of fused-ring (bicyclic) bond motifs is 9. The number of ketones is 1. The van der Waals surface area contributed by atoms with Crippen LogP contribution in [0.15, 0.2) is 23.8 Å². The maximum atomic E-state index is 12.0. The van der Waals surface area contributed by atoms with Gasteiger partial charge in [-0.1, -0.05) is 31.6 Å². The second-order valence-electron chi connectivity index (χ2n) is 10.3. The van der Waals surface area contributed by atoms with Crippen molar-refractivity contribution in [2.24, 2.45) is 46.8 Å². The molecule has 4 fully saturated rings. The molecule has 4 saturated carbocycles. The predicted octanol–water partition coefficient (Wildman–Crippen LogP) is 4.95. The van der Waals surface area contributed by atoms with Crippen molar-refractivity contribution in [2.45, 2.75) is 64.4 Å². The number of allylic oxidation sites excluding steroid dienone is 1. The van der Waals surface area contributed by atoms with Crippen LogP contribution in [0.4, 0.5) is 0 Å². The second-order valence-corrected chi connectivity index (χ2v) is 10.3. The molecule has 1 heterocycles. The number of ether oxygens (including phenoxy) is 1. The van der Waals surface area contributed by atoms with Crippen molar-refractivity contribution < 1.29 is 9.53 Å². The summed E-state index contributed by atoms with van der Waals surface area (Å²) in [4.78, 5) is 12.0. The average Bonchev–Trinajstić information content (AvgIpc) is 3.21. The van der Waals surface area contributed by atoms with Crippen molar-refractivity contribution in [1.29, 1.82) is 0 Å². The lowest BCUT2D eigenvalue weighted by Gasteiger charge is -2.60. The molecule has 5 aliphatic carbocycles. The summed E-state index contributed by atoms with van der Waals surface area (Å²) in [6.45, 7) is 5.76. The van der Waals surface area contributed by atoms with Gasteiger partial charge in [-0.15, -0.1) is 0 Å². The van der Waals surface area contributed by atoms with E-state index in [-0.39, 0.29) is 5.60 Å². The molecule has 140 valence electrons. The Morgan fingerprint density at radius 3 is 2.92 bits per heavy atom. The smallest absolute Gasteiger partial charge is 0.155 e. The molecule has 1 spiro atoms. The van der Waals surface area contributed by atoms with Crippen LogP contribution in [0.2, 0.25) is 0 Å². The van der Waals surface area contributed by atoms with Crippen LogP contribution in [0, 0.1) is 46.8 Å². The molecule has 0 aromatic carbocycles. The molecule has 0 amide bonds. The molecule has 1 aliphatic heterocycles. The van der Waals surface area contributed by atoms with E-state index in [0.717, 1.165) is 55.0 Å². The van der Waals surface area contributed by atoms with Gasteiger partial charge in [0.25, 0.3) is 0 Å². The van der Waals surface area contributed by atoms with Gasteiger partial charge in [0.2, 0.25) is 0 Å². The van der Waals surface area contributed by atoms with Crippen LogP contribution in [0.1, 0.15) is 58.8 Å². The molecule has 6 rings (SSSR count). The van der Waals surface area contributed by atoms with E-state index in [9.17, 15) is 4.79 Å². The van der Waals surface area contributed by atoms with Crippen LogP contribution in [-0.4, -0.2) is 18.0 Å². The van der Waals surface area contributed by atoms with Gasteiger partial charge in [-0.3, -0.25) is 4.79 Å². The Labute approximate surface area is 157 Å². The molecule has 0 saturated heterocycles. The minimum absolute atomic E-state index is 0.0699. The molecule has 2 nitrogen and oxygen atoms in total. The van der Waals surface area contributed by atoms with Crippen LogP contribution in [0.5, 0.6) is 0 Å². The first-order valence-electron chi connectivity index (χ1n) is 11.2. The van der Waals surface area contributed by atoms with Crippen LogP contribution in [-0.2, 0) is 9.53 Å². The monoisotopic (exact) mass is 352 g/mol. The van der Waals surface area contributed by atoms with Crippen LogP contribution >= 0.6 is 0 Å². The van der Waals surface area contributed by atoms with Gasteiger partial charge in [0.1, 0.15) is 0 Å². The minimum atomic E-state index is 0.0699. The summed E-state index contributed by atoms with van der Waals surface area (Å²) in [7, 11) is 0. The third-order valence-corrected chi connectivity index (χ3v) is 9.77. The molecule has 26 heavy (non-hydrogen) atoms. The van der Waals surface area contributed by atoms with Gasteiger partial charge in [0, 0.05) is 11.8 Å². The van der Waals surface area contributed by atoms with Gasteiger partial charge < -0.3 is 4.74 Å². The third-order valence-electron chi connectivity index (χ3n) is 9.77. The Bertz CT molecular complexity index is 720. The van der Waals surface area contributed by atoms with Gasteiger partial charge in [0.15, 0.2) is 5.78 Å². The van der Waals surface area contributed by atoms with E-state index in [1.165, 1.54) is 37.7 Å². The molecule has 0 radical (unpaired) electrons. The summed E-state index contributed by atoms with van der Waals surface area (Å²) < 4.78 is 6.59. The molecular formula is C24H32O2. The normalized spacial score (nSPS) is 56.6. The highest BCUT2D eigenvalue weighted by atomic mass is 16.5. The maximum absolute atomic E-state index is 12.0. The van der Waals surface area contributed by atoms with E-state index < -0.39 is 0 Å². The average molecular weight is 353 g/mol. The number of hydrogen-bond donors (Lipinski definition) is 0. The highest BCUT2D eigenvalue weighted by Gasteiger charge is 2.77. The maximum Gasteiger partial charge on any atom is 0.155 e. The zero-order chi connectivity index (χ0) is 17.7. The zero-order valence-corrected chi connectivity index (χ0v) is 16.2. The SMILES string of the molecule is CC[C@]12CC[C@H]3[C@H]([C@@H]1[C@@H]1C[C@@H]1[C@@]21C=CCO1)[C@H](C)CC1=CC(=O)CC[C@@H]13. The Kier molecular flexibility index (Phi) is 3.18. The van der Waals surface area contributed by atoms with Gasteiger partial charge in [-0.25, -0.2) is 0 Å². The molecule has 6 aliphatic rings. The second kappa shape index (κ2) is 5.13.